The normalized spacial score (nSPS) is 19.9. The zero-order valence-electron chi connectivity index (χ0n) is 22.1. The van der Waals surface area contributed by atoms with Crippen LogP contribution in [0.4, 0.5) is 0 Å². The molecular weight excluding hydrogens is 488 g/mol. The molecule has 2 aromatic heterocycles. The van der Waals surface area contributed by atoms with Crippen LogP contribution in [0.5, 0.6) is 11.5 Å². The number of imidazole rings is 1. The highest BCUT2D eigenvalue weighted by Gasteiger charge is 2.47. The number of aliphatic hydroxyl groups is 1. The van der Waals surface area contributed by atoms with Gasteiger partial charge in [0.05, 0.1) is 44.7 Å². The van der Waals surface area contributed by atoms with Crippen LogP contribution in [0.15, 0.2) is 42.1 Å². The third-order valence-corrected chi connectivity index (χ3v) is 7.28. The molecule has 2 aliphatic rings. The van der Waals surface area contributed by atoms with Gasteiger partial charge >= 0.3 is 0 Å². The second-order valence-electron chi connectivity index (χ2n) is 9.49. The van der Waals surface area contributed by atoms with Crippen molar-refractivity contribution < 1.29 is 28.9 Å². The zero-order chi connectivity index (χ0) is 27.0. The number of methoxy groups -OCH3 is 2. The Morgan fingerprint density at radius 3 is 2.58 bits per heavy atom. The molecule has 3 aromatic rings. The number of rotatable bonds is 7. The third kappa shape index (κ3) is 4.39. The van der Waals surface area contributed by atoms with E-state index in [2.05, 4.69) is 9.88 Å². The predicted molar refractivity (Wildman–Crippen MR) is 140 cm³/mol. The summed E-state index contributed by atoms with van der Waals surface area (Å²) >= 11 is 0. The Bertz CT molecular complexity index is 1420. The molecule has 0 radical (unpaired) electrons. The third-order valence-electron chi connectivity index (χ3n) is 7.28. The number of morpholine rings is 1. The van der Waals surface area contributed by atoms with Crippen LogP contribution >= 0.6 is 0 Å². The Labute approximate surface area is 221 Å². The van der Waals surface area contributed by atoms with E-state index in [1.165, 1.54) is 12.0 Å². The minimum atomic E-state index is -0.879. The van der Waals surface area contributed by atoms with Crippen LogP contribution in [0.1, 0.15) is 28.6 Å². The molecular formula is C28H32N4O6. The fraction of sp³-hybridized carbons (Fsp3) is 0.393. The number of amides is 1. The molecule has 0 spiro atoms. The average Bonchev–Trinajstić information content (AvgIpc) is 3.41. The molecule has 1 amide bonds. The van der Waals surface area contributed by atoms with Gasteiger partial charge in [0.15, 0.2) is 5.76 Å². The van der Waals surface area contributed by atoms with Gasteiger partial charge in [-0.3, -0.25) is 18.9 Å². The molecule has 0 saturated carbocycles. The SMILES string of the molecule is COc1ccc(OC)c([C@@H]2C(=C(O)c3c(C)nc4c(C)cccn34)C(=O)C(=O)N2CCN2CCOCC2)c1. The molecule has 4 heterocycles. The van der Waals surface area contributed by atoms with Gasteiger partial charge in [-0.1, -0.05) is 6.07 Å². The summed E-state index contributed by atoms with van der Waals surface area (Å²) in [5.41, 5.74) is 3.07. The first-order valence-corrected chi connectivity index (χ1v) is 12.6. The summed E-state index contributed by atoms with van der Waals surface area (Å²) in [6.45, 7) is 7.30. The van der Waals surface area contributed by atoms with Crippen molar-refractivity contribution in [3.8, 4) is 11.5 Å². The number of ketones is 1. The van der Waals surface area contributed by atoms with Crippen molar-refractivity contribution in [2.24, 2.45) is 0 Å². The van der Waals surface area contributed by atoms with E-state index in [0.29, 0.717) is 53.9 Å². The Morgan fingerprint density at radius 1 is 1.11 bits per heavy atom. The van der Waals surface area contributed by atoms with Crippen LogP contribution in [0.2, 0.25) is 0 Å². The lowest BCUT2D eigenvalue weighted by Crippen LogP contribution is -2.42. The predicted octanol–water partition coefficient (Wildman–Crippen LogP) is 2.72. The van der Waals surface area contributed by atoms with Crippen molar-refractivity contribution in [3.05, 3.63) is 64.6 Å². The van der Waals surface area contributed by atoms with Crippen LogP contribution in [-0.2, 0) is 14.3 Å². The smallest absolute Gasteiger partial charge is 0.295 e. The molecule has 1 N–H and O–H groups in total. The van der Waals surface area contributed by atoms with Crippen molar-refractivity contribution in [2.75, 3.05) is 53.6 Å². The largest absolute Gasteiger partial charge is 0.505 e. The van der Waals surface area contributed by atoms with Crippen molar-refractivity contribution in [3.63, 3.8) is 0 Å². The van der Waals surface area contributed by atoms with E-state index >= 15 is 0 Å². The number of aliphatic hydroxyl groups excluding tert-OH is 1. The van der Waals surface area contributed by atoms with Crippen molar-refractivity contribution in [1.82, 2.24) is 19.2 Å². The van der Waals surface area contributed by atoms with E-state index < -0.39 is 17.7 Å². The number of aromatic nitrogens is 2. The van der Waals surface area contributed by atoms with Crippen LogP contribution in [0.25, 0.3) is 11.4 Å². The highest BCUT2D eigenvalue weighted by Crippen LogP contribution is 2.44. The monoisotopic (exact) mass is 520 g/mol. The van der Waals surface area contributed by atoms with E-state index in [4.69, 9.17) is 14.2 Å². The molecule has 38 heavy (non-hydrogen) atoms. The number of hydrogen-bond donors (Lipinski definition) is 1. The van der Waals surface area contributed by atoms with Gasteiger partial charge in [-0.2, -0.15) is 0 Å². The van der Waals surface area contributed by atoms with Crippen LogP contribution in [0.3, 0.4) is 0 Å². The first kappa shape index (κ1) is 25.7. The molecule has 0 unspecified atom stereocenters. The number of likely N-dealkylation sites (tertiary alicyclic amines) is 1. The number of aryl methyl sites for hydroxylation is 2. The molecule has 2 saturated heterocycles. The van der Waals surface area contributed by atoms with Crippen molar-refractivity contribution in [1.29, 1.82) is 0 Å². The molecule has 10 heteroatoms. The number of ether oxygens (including phenoxy) is 3. The lowest BCUT2D eigenvalue weighted by Gasteiger charge is -2.31. The van der Waals surface area contributed by atoms with E-state index in [1.54, 1.807) is 42.8 Å². The highest BCUT2D eigenvalue weighted by atomic mass is 16.5. The van der Waals surface area contributed by atoms with Gasteiger partial charge in [-0.25, -0.2) is 4.98 Å². The number of nitrogens with zero attached hydrogens (tertiary/aromatic N) is 4. The Morgan fingerprint density at radius 2 is 1.87 bits per heavy atom. The summed E-state index contributed by atoms with van der Waals surface area (Å²) in [7, 11) is 3.08. The lowest BCUT2D eigenvalue weighted by atomic mass is 9.95. The minimum Gasteiger partial charge on any atom is -0.505 e. The maximum absolute atomic E-state index is 13.6. The van der Waals surface area contributed by atoms with Gasteiger partial charge in [0.2, 0.25) is 0 Å². The molecule has 5 rings (SSSR count). The second kappa shape index (κ2) is 10.5. The quantitative estimate of drug-likeness (QED) is 0.288. The summed E-state index contributed by atoms with van der Waals surface area (Å²) < 4.78 is 18.3. The Kier molecular flexibility index (Phi) is 7.09. The number of carbonyl (C=O) groups is 2. The fourth-order valence-electron chi connectivity index (χ4n) is 5.29. The topological polar surface area (TPSA) is 106 Å². The van der Waals surface area contributed by atoms with E-state index in [0.717, 1.165) is 18.7 Å². The molecule has 2 fully saturated rings. The fourth-order valence-corrected chi connectivity index (χ4v) is 5.29. The second-order valence-corrected chi connectivity index (χ2v) is 9.49. The Balaban J connectivity index is 1.68. The van der Waals surface area contributed by atoms with Gasteiger partial charge in [-0.15, -0.1) is 0 Å². The molecule has 200 valence electrons. The summed E-state index contributed by atoms with van der Waals surface area (Å²) in [6.07, 6.45) is 1.78. The van der Waals surface area contributed by atoms with Gasteiger partial charge in [0.25, 0.3) is 11.7 Å². The minimum absolute atomic E-state index is 0.00469. The van der Waals surface area contributed by atoms with E-state index in [1.807, 2.05) is 19.1 Å². The standard InChI is InChI=1S/C28H32N4O6/c1-17-6-5-9-31-23(18(2)29-27(17)31)25(33)22-24(20-16-19(36-3)7-8-21(20)37-4)32(28(35)26(22)34)11-10-30-12-14-38-15-13-30/h5-9,16,24,33H,10-15H2,1-4H3/t24-/m1/s1. The van der Waals surface area contributed by atoms with Crippen LogP contribution in [-0.4, -0.2) is 89.6 Å². The Hall–Kier alpha value is -3.89. The maximum atomic E-state index is 13.6. The van der Waals surface area contributed by atoms with Crippen molar-refractivity contribution in [2.45, 2.75) is 19.9 Å². The first-order valence-electron chi connectivity index (χ1n) is 12.6. The van der Waals surface area contributed by atoms with Gasteiger partial charge in [-0.05, 0) is 43.7 Å². The van der Waals surface area contributed by atoms with Crippen LogP contribution in [0, 0.1) is 13.8 Å². The highest BCUT2D eigenvalue weighted by molar-refractivity contribution is 6.46. The van der Waals surface area contributed by atoms with E-state index in [9.17, 15) is 14.7 Å². The number of pyridine rings is 1. The number of Topliss-reactive ketones (excluding diaryl/α,β-unsaturated/α-hetero) is 1. The zero-order valence-corrected chi connectivity index (χ0v) is 22.1. The summed E-state index contributed by atoms with van der Waals surface area (Å²) in [4.78, 5) is 35.4. The molecule has 1 aromatic carbocycles. The lowest BCUT2D eigenvalue weighted by molar-refractivity contribution is -0.140. The molecule has 10 nitrogen and oxygen atoms in total. The number of benzene rings is 1. The summed E-state index contributed by atoms with van der Waals surface area (Å²) in [5.74, 6) is -0.673. The summed E-state index contributed by atoms with van der Waals surface area (Å²) in [6, 6.07) is 8.13. The summed E-state index contributed by atoms with van der Waals surface area (Å²) in [5, 5.41) is 11.7. The van der Waals surface area contributed by atoms with Gasteiger partial charge in [0, 0.05) is 37.9 Å². The van der Waals surface area contributed by atoms with Gasteiger partial charge in [0.1, 0.15) is 22.8 Å². The molecule has 0 bridgehead atoms. The first-order chi connectivity index (χ1) is 18.3. The molecule has 0 aliphatic carbocycles. The number of fused-ring (bicyclic) bond motifs is 1. The number of carbonyl (C=O) groups excluding carboxylic acids is 2. The average molecular weight is 521 g/mol. The molecule has 2 aliphatic heterocycles. The van der Waals surface area contributed by atoms with Gasteiger partial charge < -0.3 is 24.2 Å². The van der Waals surface area contributed by atoms with Crippen LogP contribution < -0.4 is 9.47 Å². The number of hydrogen-bond acceptors (Lipinski definition) is 8. The van der Waals surface area contributed by atoms with Crippen molar-refractivity contribution >= 4 is 23.1 Å². The van der Waals surface area contributed by atoms with E-state index in [-0.39, 0.29) is 17.9 Å². The molecule has 1 atom stereocenters. The maximum Gasteiger partial charge on any atom is 0.295 e.